The molecular weight excluding hydrogens is 315 g/mol. The first-order valence-electron chi connectivity index (χ1n) is 7.77. The molecule has 1 aliphatic rings. The summed E-state index contributed by atoms with van der Waals surface area (Å²) in [6, 6.07) is 9.86. The Morgan fingerprint density at radius 3 is 2.36 bits per heavy atom. The fraction of sp³-hybridized carbons (Fsp3) is 0.368. The van der Waals surface area contributed by atoms with E-state index in [1.165, 1.54) is 16.7 Å². The van der Waals surface area contributed by atoms with E-state index >= 15 is 0 Å². The minimum absolute atomic E-state index is 0.0524. The van der Waals surface area contributed by atoms with Gasteiger partial charge in [0.25, 0.3) is 0 Å². The quantitative estimate of drug-likeness (QED) is 0.788. The van der Waals surface area contributed by atoms with E-state index in [2.05, 4.69) is 32.9 Å². The lowest BCUT2D eigenvalue weighted by Gasteiger charge is -2.48. The summed E-state index contributed by atoms with van der Waals surface area (Å²) in [5.41, 5.74) is 4.71. The van der Waals surface area contributed by atoms with Crippen LogP contribution in [0.3, 0.4) is 0 Å². The zero-order valence-electron chi connectivity index (χ0n) is 13.1. The lowest BCUT2D eigenvalue weighted by Crippen LogP contribution is -2.44. The van der Waals surface area contributed by atoms with Gasteiger partial charge in [-0.1, -0.05) is 62.2 Å². The van der Waals surface area contributed by atoms with Crippen LogP contribution in [0.4, 0.5) is 0 Å². The summed E-state index contributed by atoms with van der Waals surface area (Å²) in [6.07, 6.45) is 1.92. The highest BCUT2D eigenvalue weighted by Gasteiger charge is 2.50. The Bertz CT molecular complexity index is 721. The van der Waals surface area contributed by atoms with Gasteiger partial charge in [-0.3, -0.25) is 0 Å². The topological polar surface area (TPSA) is 20.2 Å². The molecule has 0 saturated carbocycles. The van der Waals surface area contributed by atoms with Gasteiger partial charge in [0.2, 0.25) is 0 Å². The molecule has 0 amide bonds. The Morgan fingerprint density at radius 1 is 1.05 bits per heavy atom. The van der Waals surface area contributed by atoms with Crippen LogP contribution in [0.5, 0.6) is 0 Å². The predicted molar refractivity (Wildman–Crippen MR) is 93.1 cm³/mol. The van der Waals surface area contributed by atoms with E-state index in [1.54, 1.807) is 12.1 Å². The van der Waals surface area contributed by atoms with Crippen molar-refractivity contribution < 1.29 is 5.11 Å². The summed E-state index contributed by atoms with van der Waals surface area (Å²) in [4.78, 5) is 0. The number of hydrogen-bond donors (Lipinski definition) is 1. The molecule has 0 heterocycles. The van der Waals surface area contributed by atoms with E-state index in [0.29, 0.717) is 10.0 Å². The van der Waals surface area contributed by atoms with Gasteiger partial charge < -0.3 is 5.11 Å². The average molecular weight is 335 g/mol. The Balaban J connectivity index is 2.19. The summed E-state index contributed by atoms with van der Waals surface area (Å²) in [5, 5.41) is 12.4. The van der Waals surface area contributed by atoms with Gasteiger partial charge in [-0.05, 0) is 52.8 Å². The fourth-order valence-corrected chi connectivity index (χ4v) is 3.87. The van der Waals surface area contributed by atoms with Crippen molar-refractivity contribution in [3.05, 3.63) is 68.2 Å². The highest BCUT2D eigenvalue weighted by Crippen LogP contribution is 2.55. The number of halogens is 2. The van der Waals surface area contributed by atoms with E-state index in [1.807, 2.05) is 6.07 Å². The molecule has 0 saturated heterocycles. The van der Waals surface area contributed by atoms with E-state index in [0.717, 1.165) is 24.0 Å². The number of rotatable bonds is 3. The van der Waals surface area contributed by atoms with Gasteiger partial charge in [0.05, 0.1) is 10.0 Å². The number of benzene rings is 2. The van der Waals surface area contributed by atoms with Crippen molar-refractivity contribution in [2.45, 2.75) is 45.1 Å². The molecule has 0 bridgehead atoms. The van der Waals surface area contributed by atoms with Crippen LogP contribution in [0.25, 0.3) is 0 Å². The molecule has 2 atom stereocenters. The van der Waals surface area contributed by atoms with Crippen LogP contribution < -0.4 is 0 Å². The van der Waals surface area contributed by atoms with Crippen molar-refractivity contribution in [2.75, 3.05) is 0 Å². The third-order valence-electron chi connectivity index (χ3n) is 4.93. The molecule has 2 aromatic rings. The second-order valence-electron chi connectivity index (χ2n) is 6.04. The van der Waals surface area contributed by atoms with Gasteiger partial charge in [0, 0.05) is 5.92 Å². The van der Waals surface area contributed by atoms with E-state index < -0.39 is 5.60 Å². The van der Waals surface area contributed by atoms with E-state index in [9.17, 15) is 5.11 Å². The summed E-state index contributed by atoms with van der Waals surface area (Å²) in [5.74, 6) is 0.0524. The highest BCUT2D eigenvalue weighted by atomic mass is 35.5. The standard InChI is InChI=1S/C19H20Cl2O/c1-4-12-8-13(5-2)18-15(9-12)11(3)19(18,22)14-6-7-16(20)17(21)10-14/h6-11,22H,4-5H2,1-3H3/t11-,19-/m0/s1. The van der Waals surface area contributed by atoms with Crippen LogP contribution >= 0.6 is 23.2 Å². The zero-order valence-corrected chi connectivity index (χ0v) is 14.6. The molecule has 3 heteroatoms. The van der Waals surface area contributed by atoms with E-state index in [-0.39, 0.29) is 5.92 Å². The lowest BCUT2D eigenvalue weighted by atomic mass is 9.60. The minimum Gasteiger partial charge on any atom is -0.380 e. The van der Waals surface area contributed by atoms with Crippen LogP contribution in [0.2, 0.25) is 10.0 Å². The van der Waals surface area contributed by atoms with Gasteiger partial charge in [-0.25, -0.2) is 0 Å². The first-order chi connectivity index (χ1) is 10.4. The molecular formula is C19H20Cl2O. The maximum Gasteiger partial charge on any atom is 0.122 e. The lowest BCUT2D eigenvalue weighted by molar-refractivity contribution is 0.0263. The highest BCUT2D eigenvalue weighted by molar-refractivity contribution is 6.42. The molecule has 3 rings (SSSR count). The molecule has 0 aliphatic heterocycles. The Morgan fingerprint density at radius 2 is 1.77 bits per heavy atom. The summed E-state index contributed by atoms with van der Waals surface area (Å²) >= 11 is 12.2. The van der Waals surface area contributed by atoms with Crippen molar-refractivity contribution >= 4 is 23.2 Å². The van der Waals surface area contributed by atoms with Crippen LogP contribution in [-0.4, -0.2) is 5.11 Å². The van der Waals surface area contributed by atoms with Crippen LogP contribution in [0, 0.1) is 0 Å². The number of aryl methyl sites for hydroxylation is 2. The van der Waals surface area contributed by atoms with Gasteiger partial charge in [0.15, 0.2) is 0 Å². The van der Waals surface area contributed by atoms with Crippen molar-refractivity contribution in [2.24, 2.45) is 0 Å². The molecule has 0 spiro atoms. The molecule has 2 aromatic carbocycles. The molecule has 0 fully saturated rings. The van der Waals surface area contributed by atoms with Crippen molar-refractivity contribution in [1.82, 2.24) is 0 Å². The smallest absolute Gasteiger partial charge is 0.122 e. The molecule has 0 unspecified atom stereocenters. The van der Waals surface area contributed by atoms with Crippen LogP contribution in [0.15, 0.2) is 30.3 Å². The minimum atomic E-state index is -0.971. The van der Waals surface area contributed by atoms with Gasteiger partial charge in [0.1, 0.15) is 5.60 Å². The summed E-state index contributed by atoms with van der Waals surface area (Å²) < 4.78 is 0. The predicted octanol–water partition coefficient (Wildman–Crippen LogP) is 5.47. The second-order valence-corrected chi connectivity index (χ2v) is 6.86. The van der Waals surface area contributed by atoms with Crippen molar-refractivity contribution in [1.29, 1.82) is 0 Å². The van der Waals surface area contributed by atoms with Gasteiger partial charge >= 0.3 is 0 Å². The molecule has 116 valence electrons. The third-order valence-corrected chi connectivity index (χ3v) is 5.67. The largest absolute Gasteiger partial charge is 0.380 e. The van der Waals surface area contributed by atoms with Crippen molar-refractivity contribution in [3.63, 3.8) is 0 Å². The number of fused-ring (bicyclic) bond motifs is 1. The maximum absolute atomic E-state index is 11.4. The Hall–Kier alpha value is -1.02. The average Bonchev–Trinajstić information content (AvgIpc) is 2.54. The number of aliphatic hydroxyl groups is 1. The Kier molecular flexibility index (Phi) is 4.01. The third kappa shape index (κ3) is 2.11. The van der Waals surface area contributed by atoms with Gasteiger partial charge in [-0.15, -0.1) is 0 Å². The second kappa shape index (κ2) is 5.56. The SMILES string of the molecule is CCc1cc(CC)c2c(c1)[C@H](C)[C@]2(O)c1ccc(Cl)c(Cl)c1. The molecule has 0 aromatic heterocycles. The first-order valence-corrected chi connectivity index (χ1v) is 8.53. The molecule has 1 aliphatic carbocycles. The normalized spacial score (nSPS) is 23.1. The maximum atomic E-state index is 11.4. The molecule has 22 heavy (non-hydrogen) atoms. The molecule has 1 nitrogen and oxygen atoms in total. The molecule has 0 radical (unpaired) electrons. The van der Waals surface area contributed by atoms with E-state index in [4.69, 9.17) is 23.2 Å². The van der Waals surface area contributed by atoms with Crippen molar-refractivity contribution in [3.8, 4) is 0 Å². The fourth-order valence-electron chi connectivity index (χ4n) is 3.58. The molecule has 1 N–H and O–H groups in total. The summed E-state index contributed by atoms with van der Waals surface area (Å²) in [7, 11) is 0. The monoisotopic (exact) mass is 334 g/mol. The van der Waals surface area contributed by atoms with Gasteiger partial charge in [-0.2, -0.15) is 0 Å². The summed E-state index contributed by atoms with van der Waals surface area (Å²) in [6.45, 7) is 6.37. The number of hydrogen-bond acceptors (Lipinski definition) is 1. The van der Waals surface area contributed by atoms with Crippen LogP contribution in [0.1, 0.15) is 54.5 Å². The Labute approximate surface area is 141 Å². The van der Waals surface area contributed by atoms with Crippen LogP contribution in [-0.2, 0) is 18.4 Å². The zero-order chi connectivity index (χ0) is 16.1. The first kappa shape index (κ1) is 15.9.